The molecule has 0 aromatic carbocycles. The molecule has 1 N–H and O–H groups in total. The zero-order valence-electron chi connectivity index (χ0n) is 10.2. The van der Waals surface area contributed by atoms with Gasteiger partial charge in [0.25, 0.3) is 0 Å². The van der Waals surface area contributed by atoms with Crippen molar-refractivity contribution in [2.75, 3.05) is 0 Å². The lowest BCUT2D eigenvalue weighted by Gasteiger charge is -2.26. The summed E-state index contributed by atoms with van der Waals surface area (Å²) in [5.74, 6) is -3.79. The molecule has 96 valence electrons. The molecule has 1 saturated carbocycles. The van der Waals surface area contributed by atoms with Crippen molar-refractivity contribution in [3.05, 3.63) is 0 Å². The van der Waals surface area contributed by atoms with Gasteiger partial charge in [0.1, 0.15) is 5.54 Å². The molecule has 1 aliphatic rings. The number of carbonyl (C=O) groups excluding carboxylic acids is 1. The number of hydrogen-bond acceptors (Lipinski definition) is 2. The van der Waals surface area contributed by atoms with Gasteiger partial charge in [-0.1, -0.05) is 13.8 Å². The Bertz CT molecular complexity index is 332. The molecule has 1 aliphatic carbocycles. The first-order valence-electron chi connectivity index (χ1n) is 5.99. The fourth-order valence-corrected chi connectivity index (χ4v) is 2.12. The van der Waals surface area contributed by atoms with Crippen LogP contribution in [0, 0.1) is 17.2 Å². The number of nitrogens with one attached hydrogen (secondary N) is 1. The van der Waals surface area contributed by atoms with E-state index in [0.29, 0.717) is 12.8 Å². The van der Waals surface area contributed by atoms with Crippen LogP contribution in [-0.4, -0.2) is 17.4 Å². The van der Waals surface area contributed by atoms with E-state index in [1.807, 2.05) is 0 Å². The van der Waals surface area contributed by atoms with E-state index in [9.17, 15) is 13.6 Å². The second-order valence-corrected chi connectivity index (χ2v) is 4.69. The average molecular weight is 244 g/mol. The molecule has 0 aromatic heterocycles. The quantitative estimate of drug-likeness (QED) is 0.826. The van der Waals surface area contributed by atoms with Crippen LogP contribution >= 0.6 is 0 Å². The third kappa shape index (κ3) is 3.15. The largest absolute Gasteiger partial charge is 0.338 e. The molecule has 0 radical (unpaired) electrons. The van der Waals surface area contributed by atoms with E-state index in [4.69, 9.17) is 5.26 Å². The van der Waals surface area contributed by atoms with Crippen LogP contribution in [0.15, 0.2) is 0 Å². The van der Waals surface area contributed by atoms with Gasteiger partial charge in [-0.05, 0) is 19.3 Å². The Balaban J connectivity index is 2.64. The summed E-state index contributed by atoms with van der Waals surface area (Å²) in [6.07, 6.45) is 0.536. The highest BCUT2D eigenvalue weighted by molar-refractivity contribution is 5.80. The Morgan fingerprint density at radius 3 is 2.47 bits per heavy atom. The number of alkyl halides is 2. The Hall–Kier alpha value is -1.18. The molecule has 3 nitrogen and oxygen atoms in total. The lowest BCUT2D eigenvalue weighted by Crippen LogP contribution is -2.48. The summed E-state index contributed by atoms with van der Waals surface area (Å²) in [4.78, 5) is 11.8. The minimum atomic E-state index is -2.73. The molecule has 5 heteroatoms. The van der Waals surface area contributed by atoms with E-state index in [2.05, 4.69) is 11.4 Å². The second-order valence-electron chi connectivity index (χ2n) is 4.69. The first kappa shape index (κ1) is 13.9. The normalized spacial score (nSPS) is 23.1. The zero-order valence-corrected chi connectivity index (χ0v) is 10.2. The van der Waals surface area contributed by atoms with E-state index in [1.54, 1.807) is 13.8 Å². The van der Waals surface area contributed by atoms with Crippen molar-refractivity contribution in [3.63, 3.8) is 0 Å². The van der Waals surface area contributed by atoms with Crippen molar-refractivity contribution in [1.29, 1.82) is 5.26 Å². The van der Waals surface area contributed by atoms with Crippen molar-refractivity contribution in [3.8, 4) is 6.07 Å². The van der Waals surface area contributed by atoms with E-state index in [0.717, 1.165) is 0 Å². The minimum Gasteiger partial charge on any atom is -0.338 e. The topological polar surface area (TPSA) is 52.9 Å². The van der Waals surface area contributed by atoms with Crippen LogP contribution in [0.4, 0.5) is 8.78 Å². The Labute approximate surface area is 100 Å². The van der Waals surface area contributed by atoms with Crippen LogP contribution < -0.4 is 5.32 Å². The molecule has 0 saturated heterocycles. The van der Waals surface area contributed by atoms with Gasteiger partial charge in [0.2, 0.25) is 11.8 Å². The summed E-state index contributed by atoms with van der Waals surface area (Å²) >= 11 is 0. The molecule has 17 heavy (non-hydrogen) atoms. The van der Waals surface area contributed by atoms with Gasteiger partial charge in [0.15, 0.2) is 0 Å². The second kappa shape index (κ2) is 4.99. The molecule has 0 spiro atoms. The van der Waals surface area contributed by atoms with Gasteiger partial charge in [0, 0.05) is 18.8 Å². The molecule has 1 amide bonds. The van der Waals surface area contributed by atoms with Gasteiger partial charge < -0.3 is 5.32 Å². The van der Waals surface area contributed by atoms with Crippen molar-refractivity contribution in [2.24, 2.45) is 5.92 Å². The van der Waals surface area contributed by atoms with E-state index >= 15 is 0 Å². The SMILES string of the molecule is CCC(C#N)(CC)NC(=O)C1CCC(F)(F)C1. The fourth-order valence-electron chi connectivity index (χ4n) is 2.12. The molecular weight excluding hydrogens is 226 g/mol. The number of amides is 1. The van der Waals surface area contributed by atoms with Gasteiger partial charge >= 0.3 is 0 Å². The monoisotopic (exact) mass is 244 g/mol. The van der Waals surface area contributed by atoms with Crippen molar-refractivity contribution >= 4 is 5.91 Å². The number of nitriles is 1. The van der Waals surface area contributed by atoms with Gasteiger partial charge in [-0.3, -0.25) is 4.79 Å². The third-order valence-corrected chi connectivity index (χ3v) is 3.56. The molecular formula is C12H18F2N2O. The van der Waals surface area contributed by atoms with Crippen LogP contribution in [0.1, 0.15) is 46.0 Å². The molecule has 0 heterocycles. The maximum absolute atomic E-state index is 13.0. The summed E-state index contributed by atoms with van der Waals surface area (Å²) in [7, 11) is 0. The van der Waals surface area contributed by atoms with Crippen LogP contribution in [0.5, 0.6) is 0 Å². The van der Waals surface area contributed by atoms with E-state index in [1.165, 1.54) is 0 Å². The Morgan fingerprint density at radius 1 is 1.53 bits per heavy atom. The number of hydrogen-bond donors (Lipinski definition) is 1. The van der Waals surface area contributed by atoms with Crippen LogP contribution in [0.25, 0.3) is 0 Å². The minimum absolute atomic E-state index is 0.202. The lowest BCUT2D eigenvalue weighted by atomic mass is 9.93. The molecule has 0 aromatic rings. The van der Waals surface area contributed by atoms with Crippen LogP contribution in [0.3, 0.4) is 0 Å². The summed E-state index contributed by atoms with van der Waals surface area (Å²) < 4.78 is 26.0. The highest BCUT2D eigenvalue weighted by atomic mass is 19.3. The van der Waals surface area contributed by atoms with Crippen molar-refractivity contribution in [2.45, 2.75) is 57.4 Å². The Morgan fingerprint density at radius 2 is 2.12 bits per heavy atom. The predicted octanol–water partition coefficient (Wildman–Crippen LogP) is 2.62. The van der Waals surface area contributed by atoms with Gasteiger partial charge in [0.05, 0.1) is 6.07 Å². The fraction of sp³-hybridized carbons (Fsp3) is 0.833. The first-order valence-corrected chi connectivity index (χ1v) is 5.99. The highest BCUT2D eigenvalue weighted by Crippen LogP contribution is 2.39. The van der Waals surface area contributed by atoms with E-state index in [-0.39, 0.29) is 12.8 Å². The standard InChI is InChI=1S/C12H18F2N2O/c1-3-11(4-2,8-15)16-10(17)9-5-6-12(13,14)7-9/h9H,3-7H2,1-2H3,(H,16,17). The summed E-state index contributed by atoms with van der Waals surface area (Å²) in [6.45, 7) is 3.60. The molecule has 0 aliphatic heterocycles. The Kier molecular flexibility index (Phi) is 4.07. The number of halogens is 2. The maximum atomic E-state index is 13.0. The number of rotatable bonds is 4. The molecule has 1 rings (SSSR count). The summed E-state index contributed by atoms with van der Waals surface area (Å²) in [5, 5.41) is 11.7. The predicted molar refractivity (Wildman–Crippen MR) is 59.4 cm³/mol. The summed E-state index contributed by atoms with van der Waals surface area (Å²) in [6, 6.07) is 2.07. The number of carbonyl (C=O) groups is 1. The van der Waals surface area contributed by atoms with Gasteiger partial charge in [-0.25, -0.2) is 8.78 Å². The van der Waals surface area contributed by atoms with Crippen molar-refractivity contribution < 1.29 is 13.6 Å². The zero-order chi connectivity index (χ0) is 13.1. The first-order chi connectivity index (χ1) is 7.88. The van der Waals surface area contributed by atoms with Gasteiger partial charge in [-0.2, -0.15) is 5.26 Å². The lowest BCUT2D eigenvalue weighted by molar-refractivity contribution is -0.127. The molecule has 1 unspecified atom stereocenters. The molecule has 1 fully saturated rings. The van der Waals surface area contributed by atoms with E-state index < -0.39 is 29.7 Å². The van der Waals surface area contributed by atoms with Crippen molar-refractivity contribution in [1.82, 2.24) is 5.32 Å². The third-order valence-electron chi connectivity index (χ3n) is 3.56. The van der Waals surface area contributed by atoms with Crippen LogP contribution in [-0.2, 0) is 4.79 Å². The molecule has 0 bridgehead atoms. The van der Waals surface area contributed by atoms with Gasteiger partial charge in [-0.15, -0.1) is 0 Å². The average Bonchev–Trinajstić information content (AvgIpc) is 2.67. The highest BCUT2D eigenvalue weighted by Gasteiger charge is 2.43. The smallest absolute Gasteiger partial charge is 0.248 e. The summed E-state index contributed by atoms with van der Waals surface area (Å²) in [5.41, 5.74) is -0.908. The number of nitrogens with zero attached hydrogens (tertiary/aromatic N) is 1. The maximum Gasteiger partial charge on any atom is 0.248 e. The van der Waals surface area contributed by atoms with Crippen LogP contribution in [0.2, 0.25) is 0 Å². The molecule has 1 atom stereocenters.